The van der Waals surface area contributed by atoms with E-state index in [0.29, 0.717) is 37.0 Å². The Bertz CT molecular complexity index is 1060. The summed E-state index contributed by atoms with van der Waals surface area (Å²) in [5.74, 6) is -4.25. The van der Waals surface area contributed by atoms with E-state index in [2.05, 4.69) is 6.58 Å². The molecular weight excluding hydrogens is 500 g/mol. The fourth-order valence-corrected chi connectivity index (χ4v) is 5.57. The molecule has 216 valence electrons. The molecule has 2 aliphatic carbocycles. The first-order valence-electron chi connectivity index (χ1n) is 14.2. The van der Waals surface area contributed by atoms with Crippen molar-refractivity contribution in [2.75, 3.05) is 6.61 Å². The lowest BCUT2D eigenvalue weighted by atomic mass is 9.63. The topological polar surface area (TPSA) is 109 Å². The first-order chi connectivity index (χ1) is 18.3. The van der Waals surface area contributed by atoms with E-state index in [1.54, 1.807) is 26.8 Å². The summed E-state index contributed by atoms with van der Waals surface area (Å²) in [4.78, 5) is 52.7. The van der Waals surface area contributed by atoms with E-state index in [9.17, 15) is 19.2 Å². The molecule has 1 heterocycles. The summed E-state index contributed by atoms with van der Waals surface area (Å²) in [6.07, 6.45) is 1.88. The molecule has 0 N–H and O–H groups in total. The maximum absolute atomic E-state index is 13.7. The number of epoxide rings is 1. The number of Topliss-reactive ketones (excluding diaryl/α,β-unsaturated/α-hetero) is 1. The van der Waals surface area contributed by atoms with Crippen LogP contribution in [-0.4, -0.2) is 54.2 Å². The summed E-state index contributed by atoms with van der Waals surface area (Å²) in [6, 6.07) is 0. The van der Waals surface area contributed by atoms with Gasteiger partial charge in [0.05, 0.1) is 24.0 Å². The summed E-state index contributed by atoms with van der Waals surface area (Å²) in [5, 5.41) is 0. The van der Waals surface area contributed by atoms with Crippen molar-refractivity contribution in [2.24, 2.45) is 29.6 Å². The van der Waals surface area contributed by atoms with Gasteiger partial charge in [-0.15, -0.1) is 0 Å². The SMILES string of the molecule is C=C1[C@@H]2[C@H](/C(=C/C)C(=O)[C@@H]2OC(=O)[C@H](C)CC)[C@@H]([C@@]2(C)CO2)[C@H](OC(=O)/C=C(/C)CC)[C@@H]1OC(=O)[C@H](C)CC. The van der Waals surface area contributed by atoms with E-state index >= 15 is 0 Å². The predicted octanol–water partition coefficient (Wildman–Crippen LogP) is 4.91. The Morgan fingerprint density at radius 1 is 1.03 bits per heavy atom. The van der Waals surface area contributed by atoms with Crippen LogP contribution in [0.4, 0.5) is 0 Å². The third kappa shape index (κ3) is 6.06. The normalized spacial score (nSPS) is 34.8. The summed E-state index contributed by atoms with van der Waals surface area (Å²) in [5.41, 5.74) is 0.993. The van der Waals surface area contributed by atoms with Gasteiger partial charge in [0.25, 0.3) is 0 Å². The number of fused-ring (bicyclic) bond motifs is 1. The summed E-state index contributed by atoms with van der Waals surface area (Å²) in [7, 11) is 0. The van der Waals surface area contributed by atoms with Gasteiger partial charge in [0, 0.05) is 23.8 Å². The fraction of sp³-hybridized carbons (Fsp3) is 0.677. The Morgan fingerprint density at radius 2 is 1.56 bits per heavy atom. The summed E-state index contributed by atoms with van der Waals surface area (Å²) < 4.78 is 23.8. The van der Waals surface area contributed by atoms with Gasteiger partial charge in [0.15, 0.2) is 18.0 Å². The lowest BCUT2D eigenvalue weighted by Gasteiger charge is -2.47. The largest absolute Gasteiger partial charge is 0.454 e. The first kappa shape index (κ1) is 30.8. The van der Waals surface area contributed by atoms with Gasteiger partial charge in [-0.1, -0.05) is 52.8 Å². The van der Waals surface area contributed by atoms with Crippen LogP contribution in [0.15, 0.2) is 35.5 Å². The molecule has 0 bridgehead atoms. The first-order valence-corrected chi connectivity index (χ1v) is 14.2. The highest BCUT2D eigenvalue weighted by atomic mass is 16.6. The Hall–Kier alpha value is -2.74. The van der Waals surface area contributed by atoms with Crippen molar-refractivity contribution >= 4 is 23.7 Å². The minimum absolute atomic E-state index is 0.305. The zero-order chi connectivity index (χ0) is 29.2. The molecule has 0 aromatic carbocycles. The van der Waals surface area contributed by atoms with E-state index in [-0.39, 0.29) is 11.7 Å². The number of ether oxygens (including phenoxy) is 4. The smallest absolute Gasteiger partial charge is 0.331 e. The van der Waals surface area contributed by atoms with Gasteiger partial charge in [-0.25, -0.2) is 4.79 Å². The fourth-order valence-electron chi connectivity index (χ4n) is 5.57. The quantitative estimate of drug-likeness (QED) is 0.126. The second-order valence-electron chi connectivity index (χ2n) is 11.4. The van der Waals surface area contributed by atoms with Gasteiger partial charge in [-0.2, -0.15) is 0 Å². The number of allylic oxidation sites excluding steroid dienone is 2. The van der Waals surface area contributed by atoms with Crippen LogP contribution in [0.3, 0.4) is 0 Å². The minimum atomic E-state index is -1.11. The highest BCUT2D eigenvalue weighted by Crippen LogP contribution is 2.58. The third-order valence-corrected chi connectivity index (χ3v) is 8.75. The molecule has 8 nitrogen and oxygen atoms in total. The lowest BCUT2D eigenvalue weighted by Crippen LogP contribution is -2.56. The molecule has 2 saturated carbocycles. The van der Waals surface area contributed by atoms with Crippen molar-refractivity contribution in [1.29, 1.82) is 0 Å². The Balaban J connectivity index is 2.14. The molecule has 0 aromatic rings. The average molecular weight is 545 g/mol. The third-order valence-electron chi connectivity index (χ3n) is 8.75. The molecular formula is C31H44O8. The van der Waals surface area contributed by atoms with Crippen molar-refractivity contribution in [2.45, 2.75) is 98.6 Å². The van der Waals surface area contributed by atoms with Crippen molar-refractivity contribution in [3.8, 4) is 0 Å². The van der Waals surface area contributed by atoms with Gasteiger partial charge >= 0.3 is 17.9 Å². The van der Waals surface area contributed by atoms with E-state index in [4.69, 9.17) is 18.9 Å². The molecule has 8 heteroatoms. The second-order valence-corrected chi connectivity index (χ2v) is 11.4. The van der Waals surface area contributed by atoms with E-state index in [1.807, 2.05) is 34.6 Å². The van der Waals surface area contributed by atoms with Crippen LogP contribution in [0.25, 0.3) is 0 Å². The van der Waals surface area contributed by atoms with E-state index < -0.39 is 65.5 Å². The number of carbonyl (C=O) groups is 4. The Labute approximate surface area is 232 Å². The maximum Gasteiger partial charge on any atom is 0.331 e. The molecule has 0 aromatic heterocycles. The van der Waals surface area contributed by atoms with Crippen molar-refractivity contribution in [1.82, 2.24) is 0 Å². The van der Waals surface area contributed by atoms with Crippen LogP contribution in [0.5, 0.6) is 0 Å². The standard InChI is InChI=1S/C31H44O8/c1-10-16(5)14-21(32)37-28-24(31(9)15-36-31)23-20(13-4)25(33)27(39-30(35)18(7)12-3)22(23)19(8)26(28)38-29(34)17(6)11-2/h13-14,17-18,22-24,26-28H,8,10-12,15H2,1-7,9H3/b16-14-,20-13-/t17-,18-,22-,23+,24-,26-,27-,28+,31-/m1/s1. The van der Waals surface area contributed by atoms with Crippen molar-refractivity contribution in [3.05, 3.63) is 35.5 Å². The summed E-state index contributed by atoms with van der Waals surface area (Å²) >= 11 is 0. The molecule has 3 aliphatic rings. The predicted molar refractivity (Wildman–Crippen MR) is 145 cm³/mol. The van der Waals surface area contributed by atoms with Gasteiger partial charge in [-0.05, 0) is 51.2 Å². The Morgan fingerprint density at radius 3 is 2.03 bits per heavy atom. The van der Waals surface area contributed by atoms with Crippen LogP contribution >= 0.6 is 0 Å². The van der Waals surface area contributed by atoms with Crippen LogP contribution in [0.1, 0.15) is 74.7 Å². The van der Waals surface area contributed by atoms with E-state index in [0.717, 1.165) is 5.57 Å². The molecule has 3 rings (SSSR count). The summed E-state index contributed by atoms with van der Waals surface area (Å²) in [6.45, 7) is 19.4. The lowest BCUT2D eigenvalue weighted by molar-refractivity contribution is -0.180. The highest BCUT2D eigenvalue weighted by Gasteiger charge is 2.67. The zero-order valence-electron chi connectivity index (χ0n) is 24.6. The Kier molecular flexibility index (Phi) is 9.63. The van der Waals surface area contributed by atoms with Gasteiger partial charge in [0.2, 0.25) is 0 Å². The molecule has 3 fully saturated rings. The highest BCUT2D eigenvalue weighted by molar-refractivity contribution is 6.04. The van der Waals surface area contributed by atoms with Gasteiger partial charge in [-0.3, -0.25) is 14.4 Å². The molecule has 1 aliphatic heterocycles. The van der Waals surface area contributed by atoms with Crippen molar-refractivity contribution in [3.63, 3.8) is 0 Å². The minimum Gasteiger partial charge on any atom is -0.454 e. The average Bonchev–Trinajstić information content (AvgIpc) is 3.59. The van der Waals surface area contributed by atoms with Gasteiger partial charge in [0.1, 0.15) is 6.10 Å². The molecule has 0 spiro atoms. The zero-order valence-corrected chi connectivity index (χ0v) is 24.6. The number of ketones is 1. The number of rotatable bonds is 10. The molecule has 9 atom stereocenters. The number of carbonyl (C=O) groups excluding carboxylic acids is 4. The molecule has 1 saturated heterocycles. The van der Waals surface area contributed by atoms with Crippen LogP contribution in [-0.2, 0) is 38.1 Å². The molecule has 0 radical (unpaired) electrons. The number of esters is 3. The molecule has 0 unspecified atom stereocenters. The van der Waals surface area contributed by atoms with Crippen LogP contribution in [0, 0.1) is 29.6 Å². The number of hydrogen-bond acceptors (Lipinski definition) is 8. The van der Waals surface area contributed by atoms with Crippen LogP contribution < -0.4 is 0 Å². The van der Waals surface area contributed by atoms with Gasteiger partial charge < -0.3 is 18.9 Å². The van der Waals surface area contributed by atoms with Crippen molar-refractivity contribution < 1.29 is 38.1 Å². The van der Waals surface area contributed by atoms with E-state index in [1.165, 1.54) is 6.08 Å². The molecule has 0 amide bonds. The van der Waals surface area contributed by atoms with Crippen LogP contribution in [0.2, 0.25) is 0 Å². The monoisotopic (exact) mass is 544 g/mol. The number of hydrogen-bond donors (Lipinski definition) is 0. The maximum atomic E-state index is 13.7. The second kappa shape index (κ2) is 12.2. The molecule has 39 heavy (non-hydrogen) atoms.